The number of phosphoric ester groups is 1. The van der Waals surface area contributed by atoms with Crippen molar-refractivity contribution in [1.82, 2.24) is 0 Å². The Labute approximate surface area is 362 Å². The van der Waals surface area contributed by atoms with Crippen molar-refractivity contribution in [2.24, 2.45) is 5.73 Å². The van der Waals surface area contributed by atoms with E-state index in [-0.39, 0.29) is 13.0 Å². The van der Waals surface area contributed by atoms with Gasteiger partial charge in [0.15, 0.2) is 0 Å². The van der Waals surface area contributed by atoms with Crippen molar-refractivity contribution in [3.63, 3.8) is 0 Å². The lowest BCUT2D eigenvalue weighted by Crippen LogP contribution is -2.34. The highest BCUT2D eigenvalue weighted by Crippen LogP contribution is 2.43. The predicted molar refractivity (Wildman–Crippen MR) is 245 cm³/mol. The molecule has 0 aliphatic carbocycles. The summed E-state index contributed by atoms with van der Waals surface area (Å²) in [5.41, 5.74) is 5.37. The van der Waals surface area contributed by atoms with E-state index >= 15 is 0 Å². The summed E-state index contributed by atoms with van der Waals surface area (Å²) in [5.74, 6) is -1.78. The zero-order valence-electron chi connectivity index (χ0n) is 38.4. The number of nitrogens with two attached hydrogens (primary N) is 1. The van der Waals surface area contributed by atoms with Crippen LogP contribution in [0.15, 0.2) is 12.2 Å². The van der Waals surface area contributed by atoms with Crippen LogP contribution in [-0.2, 0) is 32.7 Å². The molecule has 10 nitrogen and oxygen atoms in total. The third-order valence-electron chi connectivity index (χ3n) is 11.0. The molecule has 0 radical (unpaired) electrons. The lowest BCUT2D eigenvalue weighted by Gasteiger charge is -2.20. The number of aliphatic carboxylic acids is 1. The summed E-state index contributed by atoms with van der Waals surface area (Å²) in [7, 11) is -4.62. The van der Waals surface area contributed by atoms with Crippen LogP contribution in [0.25, 0.3) is 0 Å². The van der Waals surface area contributed by atoms with Crippen molar-refractivity contribution < 1.29 is 42.7 Å². The Morgan fingerprint density at radius 2 is 0.881 bits per heavy atom. The Kier molecular flexibility index (Phi) is 43.8. The fourth-order valence-electron chi connectivity index (χ4n) is 7.19. The van der Waals surface area contributed by atoms with Crippen molar-refractivity contribution >= 4 is 19.8 Å². The Bertz CT molecular complexity index is 998. The molecule has 3 unspecified atom stereocenters. The molecule has 350 valence electrons. The highest BCUT2D eigenvalue weighted by Gasteiger charge is 2.27. The normalized spacial score (nSPS) is 13.8. The fourth-order valence-corrected chi connectivity index (χ4v) is 7.97. The molecule has 0 bridgehead atoms. The molecule has 59 heavy (non-hydrogen) atoms. The van der Waals surface area contributed by atoms with Gasteiger partial charge in [0.05, 0.1) is 19.8 Å². The third-order valence-corrected chi connectivity index (χ3v) is 12.0. The number of carboxylic acid groups (broad SMARTS) is 1. The van der Waals surface area contributed by atoms with Gasteiger partial charge in [0.1, 0.15) is 12.1 Å². The van der Waals surface area contributed by atoms with Gasteiger partial charge in [-0.3, -0.25) is 18.6 Å². The van der Waals surface area contributed by atoms with Crippen LogP contribution < -0.4 is 5.73 Å². The highest BCUT2D eigenvalue weighted by molar-refractivity contribution is 7.47. The number of ether oxygens (including phenoxy) is 2. The van der Waals surface area contributed by atoms with E-state index < -0.39 is 45.1 Å². The van der Waals surface area contributed by atoms with Gasteiger partial charge in [-0.15, -0.1) is 0 Å². The van der Waals surface area contributed by atoms with Crippen LogP contribution in [0, 0.1) is 0 Å². The fraction of sp³-hybridized carbons (Fsp3) is 0.917. The quantitative estimate of drug-likeness (QED) is 0.0233. The van der Waals surface area contributed by atoms with Crippen LogP contribution in [-0.4, -0.2) is 60.5 Å². The van der Waals surface area contributed by atoms with Gasteiger partial charge in [-0.2, -0.15) is 0 Å². The molecule has 0 saturated heterocycles. The van der Waals surface area contributed by atoms with Crippen molar-refractivity contribution in [1.29, 1.82) is 0 Å². The highest BCUT2D eigenvalue weighted by atomic mass is 31.2. The van der Waals surface area contributed by atoms with Gasteiger partial charge in [-0.05, 0) is 38.5 Å². The van der Waals surface area contributed by atoms with Crippen LogP contribution in [0.3, 0.4) is 0 Å². The smallest absolute Gasteiger partial charge is 0.472 e. The standard InChI is InChI=1S/C48H94NO9P/c1-3-5-7-9-11-13-15-17-19-21-22-23-24-25-27-29-31-33-35-37-39-41-55-42-45(43-56-59(53,54)57-44-46(49)48(51)52)58-47(50)40-38-36-34-32-30-28-26-20-18-16-14-12-10-8-6-4-2/h20,26,45-46H,3-19,21-25,27-44,49H2,1-2H3,(H,51,52)(H,53,54)/b26-20-. The van der Waals surface area contributed by atoms with E-state index in [1.807, 2.05) is 0 Å². The van der Waals surface area contributed by atoms with E-state index in [0.29, 0.717) is 13.0 Å². The second-order valence-electron chi connectivity index (χ2n) is 17.0. The molecular weight excluding hydrogens is 766 g/mol. The number of carbonyl (C=O) groups excluding carboxylic acids is 1. The molecule has 0 fully saturated rings. The summed E-state index contributed by atoms with van der Waals surface area (Å²) in [4.78, 5) is 33.6. The molecule has 0 spiro atoms. The zero-order chi connectivity index (χ0) is 43.3. The number of rotatable bonds is 48. The number of esters is 1. The minimum atomic E-state index is -4.62. The van der Waals surface area contributed by atoms with Gasteiger partial charge in [0, 0.05) is 13.0 Å². The Hall–Kier alpha value is -1.29. The summed E-state index contributed by atoms with van der Waals surface area (Å²) in [6.45, 7) is 3.92. The molecular formula is C48H94NO9P. The van der Waals surface area contributed by atoms with E-state index in [1.54, 1.807) is 0 Å². The van der Waals surface area contributed by atoms with Crippen molar-refractivity contribution in [3.8, 4) is 0 Å². The van der Waals surface area contributed by atoms with E-state index in [1.165, 1.54) is 167 Å². The zero-order valence-corrected chi connectivity index (χ0v) is 39.3. The second kappa shape index (κ2) is 44.8. The molecule has 0 aromatic heterocycles. The van der Waals surface area contributed by atoms with Crippen molar-refractivity contribution in [2.45, 2.75) is 257 Å². The molecule has 0 aromatic carbocycles. The van der Waals surface area contributed by atoms with Crippen LogP contribution in [0.4, 0.5) is 0 Å². The minimum Gasteiger partial charge on any atom is -0.480 e. The van der Waals surface area contributed by atoms with E-state index in [4.69, 9.17) is 29.4 Å². The summed E-state index contributed by atoms with van der Waals surface area (Å²) in [5, 5.41) is 8.91. The van der Waals surface area contributed by atoms with Gasteiger partial charge in [-0.25, -0.2) is 4.57 Å². The number of unbranched alkanes of at least 4 members (excludes halogenated alkanes) is 32. The van der Waals surface area contributed by atoms with Crippen molar-refractivity contribution in [3.05, 3.63) is 12.2 Å². The summed E-state index contributed by atoms with van der Waals surface area (Å²) in [6.07, 6.45) is 48.4. The molecule has 0 saturated carbocycles. The SMILES string of the molecule is CCCCCCCCC/C=C\CCCCCCCC(=O)OC(COCCCCCCCCCCCCCCCCCCCCCCC)COP(=O)(O)OCC(N)C(=O)O. The molecule has 11 heteroatoms. The first-order chi connectivity index (χ1) is 28.7. The van der Waals surface area contributed by atoms with Gasteiger partial charge in [0.2, 0.25) is 0 Å². The summed E-state index contributed by atoms with van der Waals surface area (Å²) >= 11 is 0. The molecule has 0 aromatic rings. The molecule has 0 rings (SSSR count). The summed E-state index contributed by atoms with van der Waals surface area (Å²) < 4.78 is 33.5. The second-order valence-corrected chi connectivity index (χ2v) is 18.4. The third kappa shape index (κ3) is 44.6. The molecule has 0 amide bonds. The van der Waals surface area contributed by atoms with Gasteiger partial charge < -0.3 is 25.2 Å². The first kappa shape index (κ1) is 57.7. The average molecular weight is 860 g/mol. The number of hydrogen-bond donors (Lipinski definition) is 3. The van der Waals surface area contributed by atoms with Crippen LogP contribution in [0.5, 0.6) is 0 Å². The van der Waals surface area contributed by atoms with Gasteiger partial charge in [0.25, 0.3) is 0 Å². The van der Waals surface area contributed by atoms with E-state index in [2.05, 4.69) is 26.0 Å². The molecule has 0 aliphatic heterocycles. The topological polar surface area (TPSA) is 155 Å². The Balaban J connectivity index is 4.11. The monoisotopic (exact) mass is 860 g/mol. The van der Waals surface area contributed by atoms with Crippen LogP contribution in [0.2, 0.25) is 0 Å². The number of carboxylic acids is 1. The predicted octanol–water partition coefficient (Wildman–Crippen LogP) is 14.1. The van der Waals surface area contributed by atoms with Crippen molar-refractivity contribution in [2.75, 3.05) is 26.4 Å². The number of allylic oxidation sites excluding steroid dienone is 2. The molecule has 0 aliphatic rings. The first-order valence-corrected chi connectivity index (χ1v) is 26.2. The summed E-state index contributed by atoms with van der Waals surface area (Å²) in [6, 6.07) is -1.47. The average Bonchev–Trinajstić information content (AvgIpc) is 3.21. The number of phosphoric acid groups is 1. The largest absolute Gasteiger partial charge is 0.480 e. The van der Waals surface area contributed by atoms with E-state index in [0.717, 1.165) is 51.4 Å². The number of hydrogen-bond acceptors (Lipinski definition) is 8. The lowest BCUT2D eigenvalue weighted by atomic mass is 10.0. The maximum atomic E-state index is 12.7. The number of carbonyl (C=O) groups is 2. The maximum absolute atomic E-state index is 12.7. The van der Waals surface area contributed by atoms with Gasteiger partial charge >= 0.3 is 19.8 Å². The molecule has 4 N–H and O–H groups in total. The lowest BCUT2D eigenvalue weighted by molar-refractivity contribution is -0.154. The molecule has 0 heterocycles. The minimum absolute atomic E-state index is 0.0199. The van der Waals surface area contributed by atoms with Crippen LogP contribution >= 0.6 is 7.82 Å². The Morgan fingerprint density at radius 1 is 0.525 bits per heavy atom. The van der Waals surface area contributed by atoms with Crippen LogP contribution in [0.1, 0.15) is 245 Å². The first-order valence-electron chi connectivity index (χ1n) is 24.7. The molecule has 3 atom stereocenters. The van der Waals surface area contributed by atoms with E-state index in [9.17, 15) is 19.0 Å². The maximum Gasteiger partial charge on any atom is 0.472 e. The van der Waals surface area contributed by atoms with Gasteiger partial charge in [-0.1, -0.05) is 212 Å². The Morgan fingerprint density at radius 3 is 1.29 bits per heavy atom.